The van der Waals surface area contributed by atoms with Gasteiger partial charge >= 0.3 is 0 Å². The lowest BCUT2D eigenvalue weighted by Crippen LogP contribution is -2.46. The van der Waals surface area contributed by atoms with E-state index in [1.54, 1.807) is 27.8 Å². The maximum Gasteiger partial charge on any atom is 0.249 e. The number of thiophene rings is 1. The van der Waals surface area contributed by atoms with Gasteiger partial charge in [0.1, 0.15) is 25.3 Å². The molecule has 0 spiro atoms. The topological polar surface area (TPSA) is 108 Å². The summed E-state index contributed by atoms with van der Waals surface area (Å²) >= 11 is 1.45. The average Bonchev–Trinajstić information content (AvgIpc) is 3.72. The Bertz CT molecular complexity index is 1490. The van der Waals surface area contributed by atoms with Gasteiger partial charge in [-0.3, -0.25) is 14.5 Å². The van der Waals surface area contributed by atoms with Crippen LogP contribution in [0, 0.1) is 6.92 Å². The van der Waals surface area contributed by atoms with Crippen LogP contribution in [-0.2, 0) is 20.9 Å². The van der Waals surface area contributed by atoms with Crippen LogP contribution >= 0.6 is 11.3 Å². The van der Waals surface area contributed by atoms with Gasteiger partial charge in [-0.05, 0) is 61.0 Å². The lowest BCUT2D eigenvalue weighted by Gasteiger charge is -2.32. The minimum atomic E-state index is -0.906. The third-order valence-corrected chi connectivity index (χ3v) is 8.03. The van der Waals surface area contributed by atoms with E-state index in [4.69, 9.17) is 14.2 Å². The number of carbonyl (C=O) groups excluding carboxylic acids is 2. The van der Waals surface area contributed by atoms with E-state index in [0.29, 0.717) is 49.1 Å². The highest BCUT2D eigenvalue weighted by Crippen LogP contribution is 2.39. The van der Waals surface area contributed by atoms with Crippen molar-refractivity contribution >= 4 is 39.9 Å². The van der Waals surface area contributed by atoms with E-state index in [2.05, 4.69) is 15.6 Å². The minimum absolute atomic E-state index is 0.0287. The predicted molar refractivity (Wildman–Crippen MR) is 146 cm³/mol. The van der Waals surface area contributed by atoms with Crippen molar-refractivity contribution in [3.05, 3.63) is 64.4 Å². The predicted octanol–water partition coefficient (Wildman–Crippen LogP) is 3.64. The van der Waals surface area contributed by atoms with E-state index in [-0.39, 0.29) is 24.5 Å². The van der Waals surface area contributed by atoms with Crippen molar-refractivity contribution < 1.29 is 23.8 Å². The van der Waals surface area contributed by atoms with Crippen molar-refractivity contribution in [3.63, 3.8) is 0 Å². The van der Waals surface area contributed by atoms with Crippen LogP contribution in [0.3, 0.4) is 0 Å². The molecule has 39 heavy (non-hydrogen) atoms. The second-order valence-electron chi connectivity index (χ2n) is 9.58. The number of para-hydroxylation sites is 1. The lowest BCUT2D eigenvalue weighted by atomic mass is 10.1. The van der Waals surface area contributed by atoms with E-state index in [0.717, 1.165) is 28.8 Å². The van der Waals surface area contributed by atoms with Crippen molar-refractivity contribution in [3.8, 4) is 11.5 Å². The van der Waals surface area contributed by atoms with Gasteiger partial charge in [-0.1, -0.05) is 17.3 Å². The normalized spacial score (nSPS) is 17.2. The summed E-state index contributed by atoms with van der Waals surface area (Å²) in [6, 6.07) is 13.8. The number of hydrogen-bond acceptors (Lipinski definition) is 8. The lowest BCUT2D eigenvalue weighted by molar-refractivity contribution is -0.127. The molecule has 4 aromatic rings. The van der Waals surface area contributed by atoms with Crippen LogP contribution in [0.25, 0.3) is 11.0 Å². The number of benzene rings is 2. The fourth-order valence-corrected chi connectivity index (χ4v) is 6.01. The molecule has 2 aromatic carbocycles. The highest BCUT2D eigenvalue weighted by Gasteiger charge is 2.36. The molecule has 2 aromatic heterocycles. The summed E-state index contributed by atoms with van der Waals surface area (Å²) in [5.74, 6) is 0.547. The highest BCUT2D eigenvalue weighted by atomic mass is 32.1. The second-order valence-corrected chi connectivity index (χ2v) is 10.5. The van der Waals surface area contributed by atoms with Crippen molar-refractivity contribution in [2.24, 2.45) is 0 Å². The molecule has 10 nitrogen and oxygen atoms in total. The van der Waals surface area contributed by atoms with Gasteiger partial charge in [-0.15, -0.1) is 16.4 Å². The van der Waals surface area contributed by atoms with Crippen molar-refractivity contribution in [1.82, 2.24) is 20.3 Å². The zero-order valence-corrected chi connectivity index (χ0v) is 22.4. The molecule has 4 heterocycles. The Morgan fingerprint density at radius 3 is 2.77 bits per heavy atom. The summed E-state index contributed by atoms with van der Waals surface area (Å²) in [5.41, 5.74) is 2.88. The quantitative estimate of drug-likeness (QED) is 0.359. The van der Waals surface area contributed by atoms with E-state index >= 15 is 0 Å². The van der Waals surface area contributed by atoms with E-state index in [9.17, 15) is 9.59 Å². The van der Waals surface area contributed by atoms with Gasteiger partial charge in [0.05, 0.1) is 11.6 Å². The molecule has 11 heteroatoms. The summed E-state index contributed by atoms with van der Waals surface area (Å²) in [4.78, 5) is 30.5. The molecule has 0 aliphatic carbocycles. The Hall–Kier alpha value is -3.96. The van der Waals surface area contributed by atoms with Crippen LogP contribution in [0.2, 0.25) is 0 Å². The number of aromatic nitrogens is 3. The van der Waals surface area contributed by atoms with Crippen molar-refractivity contribution in [1.29, 1.82) is 0 Å². The number of nitrogens with one attached hydrogen (secondary N) is 1. The number of carbonyl (C=O) groups is 2. The fraction of sp³-hybridized carbons (Fsp3) is 0.357. The smallest absolute Gasteiger partial charge is 0.249 e. The van der Waals surface area contributed by atoms with Crippen LogP contribution in [0.4, 0.5) is 5.69 Å². The van der Waals surface area contributed by atoms with E-state index in [1.165, 1.54) is 11.3 Å². The molecular formula is C28H29N5O5S. The molecule has 2 atom stereocenters. The Morgan fingerprint density at radius 2 is 1.97 bits per heavy atom. The van der Waals surface area contributed by atoms with Crippen LogP contribution in [0.1, 0.15) is 29.3 Å². The van der Waals surface area contributed by atoms with Gasteiger partial charge in [0.25, 0.3) is 0 Å². The summed E-state index contributed by atoms with van der Waals surface area (Å²) < 4.78 is 18.8. The standard InChI is InChI=1S/C28H29N5O5S/c1-18-10-14-39-27(18)26(28(35)29-16-20-5-4-11-36-20)33(19-8-9-23-24(15-19)38-13-12-37-23)25(34)17-32-22-7-3-2-6-21(22)30-31-32/h2-3,6-10,14-15,20,26H,4-5,11-13,16-17H2,1H3,(H,29,35). The Labute approximate surface area is 229 Å². The van der Waals surface area contributed by atoms with Crippen LogP contribution in [0.15, 0.2) is 53.9 Å². The number of aryl methyl sites for hydroxylation is 1. The van der Waals surface area contributed by atoms with Crippen LogP contribution in [-0.4, -0.2) is 59.3 Å². The maximum atomic E-state index is 14.2. The number of amides is 2. The molecule has 1 fully saturated rings. The van der Waals surface area contributed by atoms with Gasteiger partial charge in [0.2, 0.25) is 11.8 Å². The Kier molecular flexibility index (Phi) is 7.16. The first-order valence-corrected chi connectivity index (χ1v) is 13.9. The molecule has 202 valence electrons. The number of fused-ring (bicyclic) bond motifs is 2. The van der Waals surface area contributed by atoms with Crippen LogP contribution < -0.4 is 19.7 Å². The Balaban J connectivity index is 1.40. The molecule has 0 radical (unpaired) electrons. The zero-order chi connectivity index (χ0) is 26.8. The first kappa shape index (κ1) is 25.3. The van der Waals surface area contributed by atoms with E-state index in [1.807, 2.05) is 42.6 Å². The molecule has 0 saturated carbocycles. The summed E-state index contributed by atoms with van der Waals surface area (Å²) in [7, 11) is 0. The van der Waals surface area contributed by atoms with Crippen LogP contribution in [0.5, 0.6) is 11.5 Å². The Morgan fingerprint density at radius 1 is 1.13 bits per heavy atom. The van der Waals surface area contributed by atoms with Gasteiger partial charge in [0.15, 0.2) is 17.5 Å². The van der Waals surface area contributed by atoms with Gasteiger partial charge in [-0.25, -0.2) is 4.68 Å². The molecule has 0 bridgehead atoms. The molecule has 2 amide bonds. The molecule has 1 saturated heterocycles. The average molecular weight is 548 g/mol. The third kappa shape index (κ3) is 5.19. The van der Waals surface area contributed by atoms with Gasteiger partial charge in [-0.2, -0.15) is 0 Å². The molecule has 6 rings (SSSR count). The molecule has 1 N–H and O–H groups in total. The molecular weight excluding hydrogens is 518 g/mol. The summed E-state index contributed by atoms with van der Waals surface area (Å²) in [6.07, 6.45) is 1.84. The van der Waals surface area contributed by atoms with Gasteiger partial charge < -0.3 is 19.5 Å². The fourth-order valence-electron chi connectivity index (χ4n) is 4.99. The number of anilines is 1. The van der Waals surface area contributed by atoms with Crippen molar-refractivity contribution in [2.45, 2.75) is 38.5 Å². The molecule has 2 unspecified atom stereocenters. The second kappa shape index (κ2) is 11.0. The van der Waals surface area contributed by atoms with Crippen molar-refractivity contribution in [2.75, 3.05) is 31.3 Å². The molecule has 2 aliphatic rings. The monoisotopic (exact) mass is 547 g/mol. The highest BCUT2D eigenvalue weighted by molar-refractivity contribution is 7.10. The summed E-state index contributed by atoms with van der Waals surface area (Å²) in [6.45, 7) is 3.79. The minimum Gasteiger partial charge on any atom is -0.486 e. The largest absolute Gasteiger partial charge is 0.486 e. The zero-order valence-electron chi connectivity index (χ0n) is 21.5. The first-order valence-electron chi connectivity index (χ1n) is 13.0. The summed E-state index contributed by atoms with van der Waals surface area (Å²) in [5, 5.41) is 13.4. The van der Waals surface area contributed by atoms with E-state index < -0.39 is 6.04 Å². The number of nitrogens with zero attached hydrogens (tertiary/aromatic N) is 4. The SMILES string of the molecule is Cc1ccsc1C(C(=O)NCC1CCCO1)N(C(=O)Cn1nnc2ccccc21)c1ccc2c(c1)OCCO2. The third-order valence-electron chi connectivity index (χ3n) is 6.96. The number of hydrogen-bond donors (Lipinski definition) is 1. The number of ether oxygens (including phenoxy) is 3. The number of rotatable bonds is 8. The molecule has 2 aliphatic heterocycles. The maximum absolute atomic E-state index is 14.2. The van der Waals surface area contributed by atoms with Gasteiger partial charge in [0, 0.05) is 29.8 Å². The first-order chi connectivity index (χ1) is 19.1.